The van der Waals surface area contributed by atoms with Crippen LogP contribution in [0.2, 0.25) is 0 Å². The highest BCUT2D eigenvalue weighted by Crippen LogP contribution is 2.26. The summed E-state index contributed by atoms with van der Waals surface area (Å²) < 4.78 is 13.3. The second-order valence-corrected chi connectivity index (χ2v) is 8.03. The van der Waals surface area contributed by atoms with Gasteiger partial charge in [-0.05, 0) is 35.1 Å². The van der Waals surface area contributed by atoms with Crippen molar-refractivity contribution in [2.24, 2.45) is 5.92 Å². The highest BCUT2D eigenvalue weighted by Gasteiger charge is 2.45. The molecule has 2 aromatic rings. The normalized spacial score (nSPS) is 15.4. The van der Waals surface area contributed by atoms with E-state index < -0.39 is 42.2 Å². The van der Waals surface area contributed by atoms with Crippen LogP contribution >= 0.6 is 11.3 Å². The Bertz CT molecular complexity index is 928. The molecule has 5 amide bonds. The van der Waals surface area contributed by atoms with Gasteiger partial charge in [0, 0.05) is 11.4 Å². The van der Waals surface area contributed by atoms with Gasteiger partial charge in [-0.2, -0.15) is 0 Å². The number of halogens is 1. The Hall–Kier alpha value is -3.07. The van der Waals surface area contributed by atoms with Crippen molar-refractivity contribution in [3.8, 4) is 0 Å². The number of benzene rings is 1. The number of amides is 5. The summed E-state index contributed by atoms with van der Waals surface area (Å²) in [6.07, 6.45) is 0. The molecule has 0 radical (unpaired) electrons. The van der Waals surface area contributed by atoms with Crippen LogP contribution < -0.4 is 5.32 Å². The smallest absolute Gasteiger partial charge is 0.334 e. The maximum atomic E-state index is 13.3. The molecule has 0 spiro atoms. The van der Waals surface area contributed by atoms with Crippen molar-refractivity contribution >= 4 is 35.1 Å². The van der Waals surface area contributed by atoms with E-state index in [-0.39, 0.29) is 12.5 Å². The van der Waals surface area contributed by atoms with E-state index in [0.717, 1.165) is 9.78 Å². The second kappa shape index (κ2) is 8.52. The predicted octanol–water partition coefficient (Wildman–Crippen LogP) is 2.54. The van der Waals surface area contributed by atoms with Gasteiger partial charge in [-0.25, -0.2) is 14.1 Å². The molecule has 1 aliphatic rings. The van der Waals surface area contributed by atoms with Crippen LogP contribution in [0, 0.1) is 11.7 Å². The molecule has 1 fully saturated rings. The first-order valence-corrected chi connectivity index (χ1v) is 9.91. The van der Waals surface area contributed by atoms with Crippen LogP contribution in [0.15, 0.2) is 41.8 Å². The molecule has 2 heterocycles. The molecule has 7 nitrogen and oxygen atoms in total. The standard InChI is InChI=1S/C20H20FN3O4S/c1-12(2)10-23-18(26)19(27)24(20(23)28)11-16(25)22-17(15-4-3-9-29-15)13-5-7-14(21)8-6-13/h3-9,12,17H,10-11H2,1-2H3,(H,22,25)/t17-/m1/s1. The van der Waals surface area contributed by atoms with E-state index in [1.807, 2.05) is 31.4 Å². The molecule has 0 saturated carbocycles. The molecule has 1 aromatic heterocycles. The van der Waals surface area contributed by atoms with Crippen LogP contribution in [-0.2, 0) is 14.4 Å². The number of thiophene rings is 1. The monoisotopic (exact) mass is 417 g/mol. The van der Waals surface area contributed by atoms with E-state index in [1.165, 1.54) is 23.5 Å². The predicted molar refractivity (Wildman–Crippen MR) is 104 cm³/mol. The lowest BCUT2D eigenvalue weighted by Crippen LogP contribution is -2.42. The van der Waals surface area contributed by atoms with E-state index in [2.05, 4.69) is 5.32 Å². The number of hydrogen-bond donors (Lipinski definition) is 1. The summed E-state index contributed by atoms with van der Waals surface area (Å²) in [5, 5.41) is 4.61. The van der Waals surface area contributed by atoms with Gasteiger partial charge >= 0.3 is 17.8 Å². The van der Waals surface area contributed by atoms with Gasteiger partial charge in [0.15, 0.2) is 0 Å². The van der Waals surface area contributed by atoms with Gasteiger partial charge in [-0.3, -0.25) is 19.3 Å². The fourth-order valence-electron chi connectivity index (χ4n) is 3.00. The molecule has 0 bridgehead atoms. The molecule has 9 heteroatoms. The summed E-state index contributed by atoms with van der Waals surface area (Å²) >= 11 is 1.41. The van der Waals surface area contributed by atoms with Gasteiger partial charge in [0.25, 0.3) is 0 Å². The maximum absolute atomic E-state index is 13.3. The average molecular weight is 417 g/mol. The molecule has 0 aliphatic carbocycles. The Labute approximate surface area is 171 Å². The van der Waals surface area contributed by atoms with Gasteiger partial charge < -0.3 is 5.32 Å². The first kappa shape index (κ1) is 20.7. The lowest BCUT2D eigenvalue weighted by molar-refractivity contribution is -0.144. The number of nitrogens with one attached hydrogen (secondary N) is 1. The second-order valence-electron chi connectivity index (χ2n) is 7.05. The van der Waals surface area contributed by atoms with Crippen molar-refractivity contribution < 1.29 is 23.6 Å². The summed E-state index contributed by atoms with van der Waals surface area (Å²) in [6, 6.07) is 7.96. The van der Waals surface area contributed by atoms with Crippen molar-refractivity contribution in [2.75, 3.05) is 13.1 Å². The summed E-state index contributed by atoms with van der Waals surface area (Å²) in [7, 11) is 0. The Morgan fingerprint density at radius 2 is 1.72 bits per heavy atom. The molecule has 1 saturated heterocycles. The van der Waals surface area contributed by atoms with Gasteiger partial charge in [-0.15, -0.1) is 11.3 Å². The van der Waals surface area contributed by atoms with Crippen LogP contribution in [0.5, 0.6) is 0 Å². The number of imide groups is 2. The largest absolute Gasteiger partial charge is 0.343 e. The van der Waals surface area contributed by atoms with E-state index in [9.17, 15) is 23.6 Å². The number of carbonyl (C=O) groups is 4. The van der Waals surface area contributed by atoms with Gasteiger partial charge in [-0.1, -0.05) is 32.0 Å². The SMILES string of the molecule is CC(C)CN1C(=O)C(=O)N(CC(=O)N[C@H](c2ccc(F)cc2)c2cccs2)C1=O. The molecular weight excluding hydrogens is 397 g/mol. The summed E-state index contributed by atoms with van der Waals surface area (Å²) in [6.45, 7) is 3.17. The van der Waals surface area contributed by atoms with Crippen molar-refractivity contribution in [1.82, 2.24) is 15.1 Å². The van der Waals surface area contributed by atoms with Crippen LogP contribution in [0.4, 0.5) is 9.18 Å². The average Bonchev–Trinajstić information content (AvgIpc) is 3.27. The fraction of sp³-hybridized carbons (Fsp3) is 0.300. The highest BCUT2D eigenvalue weighted by molar-refractivity contribution is 7.10. The van der Waals surface area contributed by atoms with E-state index >= 15 is 0 Å². The van der Waals surface area contributed by atoms with Crippen LogP contribution in [0.1, 0.15) is 30.3 Å². The van der Waals surface area contributed by atoms with Crippen molar-refractivity contribution in [1.29, 1.82) is 0 Å². The van der Waals surface area contributed by atoms with Crippen molar-refractivity contribution in [3.63, 3.8) is 0 Å². The van der Waals surface area contributed by atoms with Crippen LogP contribution in [-0.4, -0.2) is 46.6 Å². The Kier molecular flexibility index (Phi) is 6.07. The zero-order valence-corrected chi connectivity index (χ0v) is 16.7. The van der Waals surface area contributed by atoms with Crippen molar-refractivity contribution in [2.45, 2.75) is 19.9 Å². The maximum Gasteiger partial charge on any atom is 0.334 e. The minimum Gasteiger partial charge on any atom is -0.343 e. The Morgan fingerprint density at radius 1 is 1.07 bits per heavy atom. The molecule has 3 rings (SSSR count). The first-order valence-electron chi connectivity index (χ1n) is 9.03. The quantitative estimate of drug-likeness (QED) is 0.554. The lowest BCUT2D eigenvalue weighted by atomic mass is 10.1. The molecule has 152 valence electrons. The number of nitrogens with zero attached hydrogens (tertiary/aromatic N) is 2. The number of urea groups is 1. The van der Waals surface area contributed by atoms with E-state index in [0.29, 0.717) is 10.5 Å². The van der Waals surface area contributed by atoms with Crippen LogP contribution in [0.25, 0.3) is 0 Å². The minimum atomic E-state index is -1.01. The molecule has 1 aliphatic heterocycles. The highest BCUT2D eigenvalue weighted by atomic mass is 32.1. The molecule has 29 heavy (non-hydrogen) atoms. The van der Waals surface area contributed by atoms with Crippen LogP contribution in [0.3, 0.4) is 0 Å². The number of hydrogen-bond acceptors (Lipinski definition) is 5. The van der Waals surface area contributed by atoms with E-state index in [4.69, 9.17) is 0 Å². The van der Waals surface area contributed by atoms with Gasteiger partial charge in [0.1, 0.15) is 12.4 Å². The molecule has 1 aromatic carbocycles. The zero-order chi connectivity index (χ0) is 21.1. The number of rotatable bonds is 7. The molecule has 1 N–H and O–H groups in total. The third kappa shape index (κ3) is 4.51. The van der Waals surface area contributed by atoms with Gasteiger partial charge in [0.05, 0.1) is 6.04 Å². The summed E-state index contributed by atoms with van der Waals surface area (Å²) in [5.41, 5.74) is 0.652. The van der Waals surface area contributed by atoms with Gasteiger partial charge in [0.2, 0.25) is 5.91 Å². The minimum absolute atomic E-state index is 0.00818. The summed E-state index contributed by atoms with van der Waals surface area (Å²) in [4.78, 5) is 51.6. The first-order chi connectivity index (χ1) is 13.8. The summed E-state index contributed by atoms with van der Waals surface area (Å²) in [5.74, 6) is -2.95. The zero-order valence-electron chi connectivity index (χ0n) is 15.9. The third-order valence-corrected chi connectivity index (χ3v) is 5.26. The topological polar surface area (TPSA) is 86.8 Å². The lowest BCUT2D eigenvalue weighted by Gasteiger charge is -2.20. The van der Waals surface area contributed by atoms with E-state index in [1.54, 1.807) is 12.1 Å². The molecular formula is C20H20FN3O4S. The molecule has 0 unspecified atom stereocenters. The molecule has 1 atom stereocenters. The Balaban J connectivity index is 1.75. The third-order valence-electron chi connectivity index (χ3n) is 4.32. The fourth-order valence-corrected chi connectivity index (χ4v) is 3.80. The Morgan fingerprint density at radius 3 is 2.31 bits per heavy atom. The van der Waals surface area contributed by atoms with Crippen molar-refractivity contribution in [3.05, 3.63) is 58.0 Å². The number of carbonyl (C=O) groups excluding carboxylic acids is 4.